The van der Waals surface area contributed by atoms with Crippen molar-refractivity contribution in [2.75, 3.05) is 0 Å². The molecule has 1 aromatic carbocycles. The number of rotatable bonds is 10. The first kappa shape index (κ1) is 19.4. The number of benzene rings is 1. The van der Waals surface area contributed by atoms with Gasteiger partial charge in [-0.3, -0.25) is 0 Å². The number of aryl methyl sites for hydroxylation is 1. The maximum Gasteiger partial charge on any atom is 0.335 e. The zero-order chi connectivity index (χ0) is 17.9. The van der Waals surface area contributed by atoms with Gasteiger partial charge in [0, 0.05) is 22.7 Å². The van der Waals surface area contributed by atoms with E-state index in [1.165, 1.54) is 30.2 Å². The number of ether oxygens (including phenoxy) is 1. The Hall–Kier alpha value is -1.94. The van der Waals surface area contributed by atoms with Crippen LogP contribution in [0.25, 0.3) is 10.6 Å². The zero-order valence-electron chi connectivity index (χ0n) is 15.2. The molecule has 0 bridgehead atoms. The molecule has 3 nitrogen and oxygen atoms in total. The molecule has 0 atom stereocenters. The molecule has 0 aliphatic carbocycles. The lowest BCUT2D eigenvalue weighted by atomic mass is 10.2. The lowest BCUT2D eigenvalue weighted by molar-refractivity contribution is -0.129. The zero-order valence-corrected chi connectivity index (χ0v) is 16.0. The molecule has 25 heavy (non-hydrogen) atoms. The molecular formula is C21H27NO2S. The van der Waals surface area contributed by atoms with Crippen LogP contribution in [0.3, 0.4) is 0 Å². The number of carbonyl (C=O) groups excluding carboxylic acids is 1. The Labute approximate surface area is 154 Å². The molecule has 0 N–H and O–H groups in total. The van der Waals surface area contributed by atoms with Crippen molar-refractivity contribution >= 4 is 17.3 Å². The van der Waals surface area contributed by atoms with Crippen molar-refractivity contribution in [2.45, 2.75) is 58.8 Å². The van der Waals surface area contributed by atoms with E-state index in [1.54, 1.807) is 11.3 Å². The molecule has 0 aliphatic heterocycles. The Morgan fingerprint density at radius 1 is 1.12 bits per heavy atom. The molecule has 2 aromatic rings. The molecule has 2 rings (SSSR count). The summed E-state index contributed by atoms with van der Waals surface area (Å²) in [6.07, 6.45) is 13.3. The lowest BCUT2D eigenvalue weighted by Gasteiger charge is -2.02. The van der Waals surface area contributed by atoms with Crippen LogP contribution in [0, 0.1) is 0 Å². The molecule has 0 radical (unpaired) electrons. The summed E-state index contributed by atoms with van der Waals surface area (Å²) in [5.74, 6) is 0.241. The highest BCUT2D eigenvalue weighted by Gasteiger charge is 2.06. The maximum absolute atomic E-state index is 11.7. The van der Waals surface area contributed by atoms with Gasteiger partial charge in [0.05, 0.1) is 0 Å². The Bertz CT molecular complexity index is 673. The molecule has 0 spiro atoms. The standard InChI is InChI=1S/C21H27NO2S/c1-3-5-7-9-11-20(23)24-18-14-12-17(13-15-18)21-22-16-19(25-21)10-8-6-4-2/h9,11-16H,3-8,10H2,1-2H3. The third kappa shape index (κ3) is 6.83. The normalized spacial score (nSPS) is 11.1. The average molecular weight is 358 g/mol. The van der Waals surface area contributed by atoms with E-state index in [4.69, 9.17) is 4.74 Å². The Morgan fingerprint density at radius 2 is 1.88 bits per heavy atom. The number of aromatic nitrogens is 1. The van der Waals surface area contributed by atoms with Crippen molar-refractivity contribution in [1.29, 1.82) is 0 Å². The van der Waals surface area contributed by atoms with Crippen molar-refractivity contribution in [1.82, 2.24) is 4.98 Å². The number of allylic oxidation sites excluding steroid dienone is 1. The number of carbonyl (C=O) groups is 1. The van der Waals surface area contributed by atoms with Crippen molar-refractivity contribution in [3.8, 4) is 16.3 Å². The fraction of sp³-hybridized carbons (Fsp3) is 0.429. The summed E-state index contributed by atoms with van der Waals surface area (Å²) < 4.78 is 5.31. The molecule has 0 unspecified atom stereocenters. The van der Waals surface area contributed by atoms with E-state index in [9.17, 15) is 4.79 Å². The van der Waals surface area contributed by atoms with E-state index in [2.05, 4.69) is 18.8 Å². The topological polar surface area (TPSA) is 39.2 Å². The quantitative estimate of drug-likeness (QED) is 0.220. The molecule has 4 heteroatoms. The fourth-order valence-electron chi connectivity index (χ4n) is 2.42. The fourth-order valence-corrected chi connectivity index (χ4v) is 3.38. The highest BCUT2D eigenvalue weighted by molar-refractivity contribution is 7.15. The number of hydrogen-bond donors (Lipinski definition) is 0. The molecule has 134 valence electrons. The van der Waals surface area contributed by atoms with E-state index in [1.807, 2.05) is 36.5 Å². The summed E-state index contributed by atoms with van der Waals surface area (Å²) in [4.78, 5) is 17.6. The minimum atomic E-state index is -0.323. The SMILES string of the molecule is CCCCC=CC(=O)Oc1ccc(-c2ncc(CCCCC)s2)cc1. The number of esters is 1. The van der Waals surface area contributed by atoms with Gasteiger partial charge < -0.3 is 4.74 Å². The second kappa shape index (κ2) is 10.8. The van der Waals surface area contributed by atoms with Gasteiger partial charge in [-0.25, -0.2) is 9.78 Å². The number of hydrogen-bond acceptors (Lipinski definition) is 4. The van der Waals surface area contributed by atoms with E-state index in [0.717, 1.165) is 36.3 Å². The van der Waals surface area contributed by atoms with Gasteiger partial charge in [-0.15, -0.1) is 11.3 Å². The van der Waals surface area contributed by atoms with E-state index >= 15 is 0 Å². The molecule has 0 fully saturated rings. The number of unbranched alkanes of at least 4 members (excludes halogenated alkanes) is 4. The van der Waals surface area contributed by atoms with Gasteiger partial charge in [-0.1, -0.05) is 45.6 Å². The number of thiazole rings is 1. The van der Waals surface area contributed by atoms with Gasteiger partial charge >= 0.3 is 5.97 Å². The lowest BCUT2D eigenvalue weighted by Crippen LogP contribution is -2.03. The highest BCUT2D eigenvalue weighted by atomic mass is 32.1. The second-order valence-electron chi connectivity index (χ2n) is 6.08. The van der Waals surface area contributed by atoms with Gasteiger partial charge in [0.2, 0.25) is 0 Å². The van der Waals surface area contributed by atoms with Crippen LogP contribution in [0.5, 0.6) is 5.75 Å². The Kier molecular flexibility index (Phi) is 8.40. The van der Waals surface area contributed by atoms with Crippen molar-refractivity contribution in [2.24, 2.45) is 0 Å². The Morgan fingerprint density at radius 3 is 2.60 bits per heavy atom. The molecule has 0 saturated heterocycles. The first-order valence-corrected chi connectivity index (χ1v) is 9.98. The van der Waals surface area contributed by atoms with Crippen LogP contribution in [0.1, 0.15) is 57.2 Å². The molecule has 0 saturated carbocycles. The van der Waals surface area contributed by atoms with Gasteiger partial charge in [0.25, 0.3) is 0 Å². The molecule has 1 aromatic heterocycles. The third-order valence-corrected chi connectivity index (χ3v) is 4.98. The summed E-state index contributed by atoms with van der Waals surface area (Å²) in [6.45, 7) is 4.35. The van der Waals surface area contributed by atoms with Crippen LogP contribution in [0.2, 0.25) is 0 Å². The summed E-state index contributed by atoms with van der Waals surface area (Å²) in [5.41, 5.74) is 1.06. The van der Waals surface area contributed by atoms with Gasteiger partial charge in [0.15, 0.2) is 0 Å². The van der Waals surface area contributed by atoms with Gasteiger partial charge in [-0.05, 0) is 43.5 Å². The molecule has 1 heterocycles. The minimum absolute atomic E-state index is 0.323. The predicted octanol–water partition coefficient (Wildman–Crippen LogP) is 6.19. The predicted molar refractivity (Wildman–Crippen MR) is 105 cm³/mol. The van der Waals surface area contributed by atoms with Crippen molar-refractivity contribution in [3.63, 3.8) is 0 Å². The summed E-state index contributed by atoms with van der Waals surface area (Å²) in [5, 5.41) is 1.02. The van der Waals surface area contributed by atoms with Crippen LogP contribution in [0.15, 0.2) is 42.6 Å². The first-order chi connectivity index (χ1) is 12.2. The third-order valence-electron chi connectivity index (χ3n) is 3.88. The Balaban J connectivity index is 1.89. The highest BCUT2D eigenvalue weighted by Crippen LogP contribution is 2.27. The molecule has 0 amide bonds. The van der Waals surface area contributed by atoms with E-state index in [0.29, 0.717) is 5.75 Å². The summed E-state index contributed by atoms with van der Waals surface area (Å²) in [6, 6.07) is 7.56. The summed E-state index contributed by atoms with van der Waals surface area (Å²) >= 11 is 1.74. The minimum Gasteiger partial charge on any atom is -0.423 e. The smallest absolute Gasteiger partial charge is 0.335 e. The first-order valence-electron chi connectivity index (χ1n) is 9.16. The molecule has 0 aliphatic rings. The largest absolute Gasteiger partial charge is 0.423 e. The van der Waals surface area contributed by atoms with Gasteiger partial charge in [0.1, 0.15) is 10.8 Å². The second-order valence-corrected chi connectivity index (χ2v) is 7.19. The van der Waals surface area contributed by atoms with Crippen molar-refractivity contribution in [3.05, 3.63) is 47.5 Å². The van der Waals surface area contributed by atoms with Crippen LogP contribution < -0.4 is 4.74 Å². The average Bonchev–Trinajstić information content (AvgIpc) is 3.09. The van der Waals surface area contributed by atoms with Gasteiger partial charge in [-0.2, -0.15) is 0 Å². The van der Waals surface area contributed by atoms with Crippen LogP contribution in [-0.2, 0) is 11.2 Å². The van der Waals surface area contributed by atoms with Crippen LogP contribution in [0.4, 0.5) is 0 Å². The molecular weight excluding hydrogens is 330 g/mol. The van der Waals surface area contributed by atoms with Crippen molar-refractivity contribution < 1.29 is 9.53 Å². The monoisotopic (exact) mass is 357 g/mol. The van der Waals surface area contributed by atoms with Crippen LogP contribution >= 0.6 is 11.3 Å². The van der Waals surface area contributed by atoms with E-state index < -0.39 is 0 Å². The van der Waals surface area contributed by atoms with Crippen LogP contribution in [-0.4, -0.2) is 11.0 Å². The summed E-state index contributed by atoms with van der Waals surface area (Å²) in [7, 11) is 0. The maximum atomic E-state index is 11.7. The number of nitrogens with zero attached hydrogens (tertiary/aromatic N) is 1. The van der Waals surface area contributed by atoms with E-state index in [-0.39, 0.29) is 5.97 Å².